The Labute approximate surface area is 134 Å². The van der Waals surface area contributed by atoms with Crippen molar-refractivity contribution in [3.05, 3.63) is 27.8 Å². The van der Waals surface area contributed by atoms with Gasteiger partial charge in [-0.1, -0.05) is 0 Å². The molecule has 1 heterocycles. The summed E-state index contributed by atoms with van der Waals surface area (Å²) < 4.78 is 29.1. The number of benzene rings is 1. The second-order valence-corrected chi connectivity index (χ2v) is 6.86. The first-order valence-corrected chi connectivity index (χ1v) is 8.68. The summed E-state index contributed by atoms with van der Waals surface area (Å²) in [7, 11) is -2.19. The highest BCUT2D eigenvalue weighted by molar-refractivity contribution is 7.89. The van der Waals surface area contributed by atoms with Gasteiger partial charge in [-0.3, -0.25) is 10.1 Å². The molecular weight excluding hydrogens is 324 g/mol. The Morgan fingerprint density at radius 3 is 2.74 bits per heavy atom. The van der Waals surface area contributed by atoms with E-state index in [1.807, 2.05) is 11.9 Å². The summed E-state index contributed by atoms with van der Waals surface area (Å²) in [5.41, 5.74) is -0.0575. The van der Waals surface area contributed by atoms with Crippen molar-refractivity contribution in [1.82, 2.24) is 4.90 Å². The van der Waals surface area contributed by atoms with E-state index in [1.165, 1.54) is 12.1 Å². The average molecular weight is 344 g/mol. The maximum absolute atomic E-state index is 11.7. The van der Waals surface area contributed by atoms with E-state index >= 15 is 0 Å². The van der Waals surface area contributed by atoms with Gasteiger partial charge in [0, 0.05) is 19.6 Å². The van der Waals surface area contributed by atoms with Gasteiger partial charge in [-0.2, -0.15) is 0 Å². The molecule has 0 bridgehead atoms. The number of likely N-dealkylation sites (N-methyl/N-ethyl adjacent to an activating group) is 1. The summed E-state index contributed by atoms with van der Waals surface area (Å²) in [5.74, 6) is 0. The number of ether oxygens (including phenoxy) is 1. The van der Waals surface area contributed by atoms with Crippen LogP contribution in [0, 0.1) is 10.1 Å². The van der Waals surface area contributed by atoms with E-state index < -0.39 is 21.1 Å². The van der Waals surface area contributed by atoms with E-state index in [0.717, 1.165) is 6.54 Å². The third-order valence-corrected chi connectivity index (χ3v) is 4.58. The van der Waals surface area contributed by atoms with Crippen molar-refractivity contribution in [3.63, 3.8) is 0 Å². The molecule has 1 unspecified atom stereocenters. The van der Waals surface area contributed by atoms with Gasteiger partial charge in [0.25, 0.3) is 5.69 Å². The molecule has 1 fully saturated rings. The van der Waals surface area contributed by atoms with E-state index in [9.17, 15) is 18.5 Å². The summed E-state index contributed by atoms with van der Waals surface area (Å²) in [6.07, 6.45) is -0.499. The number of nitrogens with one attached hydrogen (secondary N) is 1. The number of nitro benzene ring substituents is 1. The van der Waals surface area contributed by atoms with Crippen LogP contribution in [0.3, 0.4) is 0 Å². The molecule has 0 radical (unpaired) electrons. The van der Waals surface area contributed by atoms with Crippen LogP contribution in [0.4, 0.5) is 11.4 Å². The molecule has 1 aliphatic heterocycles. The minimum absolute atomic E-state index is 0.0886. The molecule has 0 saturated carbocycles. The molecule has 2 rings (SSSR count). The number of sulfonamides is 1. The maximum atomic E-state index is 11.7. The van der Waals surface area contributed by atoms with Crippen molar-refractivity contribution in [3.8, 4) is 0 Å². The number of nitrogens with two attached hydrogens (primary N) is 1. The SMILES string of the molecule is CCNc1c(S(N)(=O)=O)ccc(C2CN(C)CCO2)c1[N+](=O)[O-]. The predicted molar refractivity (Wildman–Crippen MR) is 84.8 cm³/mol. The predicted octanol–water partition coefficient (Wildman–Crippen LogP) is 0.677. The smallest absolute Gasteiger partial charge is 0.299 e. The Bertz CT molecular complexity index is 707. The first-order chi connectivity index (χ1) is 10.8. The number of nitro groups is 1. The van der Waals surface area contributed by atoms with Gasteiger partial charge in [-0.25, -0.2) is 13.6 Å². The second-order valence-electron chi connectivity index (χ2n) is 5.33. The fourth-order valence-electron chi connectivity index (χ4n) is 2.60. The lowest BCUT2D eigenvalue weighted by Gasteiger charge is -2.30. The maximum Gasteiger partial charge on any atom is 0.299 e. The van der Waals surface area contributed by atoms with Crippen LogP contribution < -0.4 is 10.5 Å². The zero-order valence-electron chi connectivity index (χ0n) is 13.0. The highest BCUT2D eigenvalue weighted by Gasteiger charge is 2.33. The van der Waals surface area contributed by atoms with Gasteiger partial charge in [0.2, 0.25) is 10.0 Å². The van der Waals surface area contributed by atoms with E-state index in [0.29, 0.717) is 25.3 Å². The summed E-state index contributed by atoms with van der Waals surface area (Å²) in [4.78, 5) is 12.7. The van der Waals surface area contributed by atoms with Crippen molar-refractivity contribution in [2.75, 3.05) is 38.6 Å². The molecule has 1 atom stereocenters. The van der Waals surface area contributed by atoms with Crippen LogP contribution in [0.1, 0.15) is 18.6 Å². The lowest BCUT2D eigenvalue weighted by Crippen LogP contribution is -2.35. The average Bonchev–Trinajstić information content (AvgIpc) is 2.45. The molecule has 0 spiro atoms. The molecule has 128 valence electrons. The van der Waals surface area contributed by atoms with E-state index in [2.05, 4.69) is 5.32 Å². The van der Waals surface area contributed by atoms with E-state index in [4.69, 9.17) is 9.88 Å². The topological polar surface area (TPSA) is 128 Å². The Morgan fingerprint density at radius 1 is 1.52 bits per heavy atom. The van der Waals surface area contributed by atoms with E-state index in [-0.39, 0.29) is 16.3 Å². The Hall–Kier alpha value is -1.75. The van der Waals surface area contributed by atoms with Gasteiger partial charge < -0.3 is 15.0 Å². The first-order valence-electron chi connectivity index (χ1n) is 7.13. The van der Waals surface area contributed by atoms with Crippen LogP contribution in [-0.4, -0.2) is 51.5 Å². The van der Waals surface area contributed by atoms with Crippen LogP contribution in [0.2, 0.25) is 0 Å². The van der Waals surface area contributed by atoms with Gasteiger partial charge in [0.15, 0.2) is 0 Å². The lowest BCUT2D eigenvalue weighted by molar-refractivity contribution is -0.385. The highest BCUT2D eigenvalue weighted by atomic mass is 32.2. The molecular formula is C13H20N4O5S. The summed E-state index contributed by atoms with van der Waals surface area (Å²) in [6, 6.07) is 2.69. The standard InChI is InChI=1S/C13H20N4O5S/c1-3-15-12-11(23(14,20)21)5-4-9(13(12)17(18)19)10-8-16(2)6-7-22-10/h4-5,10,15H,3,6-8H2,1-2H3,(H2,14,20,21). The number of primary sulfonamides is 1. The van der Waals surface area contributed by atoms with Gasteiger partial charge in [0.1, 0.15) is 16.7 Å². The van der Waals surface area contributed by atoms with Crippen LogP contribution in [0.25, 0.3) is 0 Å². The third-order valence-electron chi connectivity index (χ3n) is 3.63. The number of rotatable bonds is 5. The Morgan fingerprint density at radius 2 is 2.22 bits per heavy atom. The summed E-state index contributed by atoms with van der Waals surface area (Å²) in [5, 5.41) is 19.5. The Kier molecular flexibility index (Phi) is 5.19. The Balaban J connectivity index is 2.64. The zero-order chi connectivity index (χ0) is 17.2. The minimum atomic E-state index is -4.09. The molecule has 1 aromatic carbocycles. The van der Waals surface area contributed by atoms with Crippen LogP contribution in [0.15, 0.2) is 17.0 Å². The summed E-state index contributed by atoms with van der Waals surface area (Å²) in [6.45, 7) is 3.71. The fraction of sp³-hybridized carbons (Fsp3) is 0.538. The molecule has 3 N–H and O–H groups in total. The molecule has 0 aliphatic carbocycles. The third kappa shape index (κ3) is 3.78. The number of anilines is 1. The highest BCUT2D eigenvalue weighted by Crippen LogP contribution is 2.39. The second kappa shape index (κ2) is 6.79. The van der Waals surface area contributed by atoms with Gasteiger partial charge in [-0.15, -0.1) is 0 Å². The number of morpholine rings is 1. The van der Waals surface area contributed by atoms with Crippen molar-refractivity contribution in [2.45, 2.75) is 17.9 Å². The molecule has 1 aromatic rings. The molecule has 9 nitrogen and oxygen atoms in total. The minimum Gasteiger partial charge on any atom is -0.379 e. The van der Waals surface area contributed by atoms with Crippen LogP contribution in [0.5, 0.6) is 0 Å². The first kappa shape index (κ1) is 17.6. The van der Waals surface area contributed by atoms with Gasteiger partial charge >= 0.3 is 0 Å². The number of hydrogen-bond acceptors (Lipinski definition) is 7. The monoisotopic (exact) mass is 344 g/mol. The molecule has 0 amide bonds. The number of nitrogens with zero attached hydrogens (tertiary/aromatic N) is 2. The van der Waals surface area contributed by atoms with Crippen molar-refractivity contribution >= 4 is 21.4 Å². The number of hydrogen-bond donors (Lipinski definition) is 2. The van der Waals surface area contributed by atoms with Crippen LogP contribution in [-0.2, 0) is 14.8 Å². The van der Waals surface area contributed by atoms with E-state index in [1.54, 1.807) is 6.92 Å². The normalized spacial score (nSPS) is 19.5. The van der Waals surface area contributed by atoms with Crippen LogP contribution >= 0.6 is 0 Å². The molecule has 10 heteroatoms. The van der Waals surface area contributed by atoms with Gasteiger partial charge in [0.05, 0.1) is 17.1 Å². The molecule has 0 aromatic heterocycles. The van der Waals surface area contributed by atoms with Gasteiger partial charge in [-0.05, 0) is 26.1 Å². The lowest BCUT2D eigenvalue weighted by atomic mass is 10.0. The van der Waals surface area contributed by atoms with Crippen molar-refractivity contribution in [2.24, 2.45) is 5.14 Å². The fourth-order valence-corrected chi connectivity index (χ4v) is 3.31. The molecule has 1 saturated heterocycles. The zero-order valence-corrected chi connectivity index (χ0v) is 13.8. The quantitative estimate of drug-likeness (QED) is 0.593. The largest absolute Gasteiger partial charge is 0.379 e. The van der Waals surface area contributed by atoms with Crippen molar-refractivity contribution < 1.29 is 18.1 Å². The molecule has 23 heavy (non-hydrogen) atoms. The summed E-state index contributed by atoms with van der Waals surface area (Å²) >= 11 is 0. The molecule has 1 aliphatic rings. The van der Waals surface area contributed by atoms with Crippen molar-refractivity contribution in [1.29, 1.82) is 0 Å².